The number of nitrogens with two attached hydrogens (primary N) is 1. The molecule has 0 aliphatic rings. The Kier molecular flexibility index (Phi) is 4.65. The van der Waals surface area contributed by atoms with Gasteiger partial charge in [-0.3, -0.25) is 5.43 Å². The Balaban J connectivity index is 3.24. The third kappa shape index (κ3) is 4.05. The van der Waals surface area contributed by atoms with Crippen molar-refractivity contribution in [2.45, 2.75) is 6.18 Å². The number of ether oxygens (including phenoxy) is 1. The van der Waals surface area contributed by atoms with Crippen LogP contribution in [0.2, 0.25) is 0 Å². The van der Waals surface area contributed by atoms with Crippen LogP contribution in [-0.4, -0.2) is 18.4 Å². The molecule has 0 saturated carbocycles. The summed E-state index contributed by atoms with van der Waals surface area (Å²) in [6, 6.07) is 1.63. The zero-order valence-electron chi connectivity index (χ0n) is 9.58. The molecule has 0 amide bonds. The summed E-state index contributed by atoms with van der Waals surface area (Å²) in [5.41, 5.74) is 5.32. The van der Waals surface area contributed by atoms with Crippen LogP contribution in [0.15, 0.2) is 17.2 Å². The highest BCUT2D eigenvalue weighted by atomic mass is 32.1. The summed E-state index contributed by atoms with van der Waals surface area (Å²) in [6.45, 7) is 0. The van der Waals surface area contributed by atoms with Crippen LogP contribution in [0.4, 0.5) is 17.6 Å². The second-order valence-corrected chi connectivity index (χ2v) is 3.75. The van der Waals surface area contributed by atoms with E-state index < -0.39 is 23.1 Å². The summed E-state index contributed by atoms with van der Waals surface area (Å²) in [6.07, 6.45) is -4.01. The molecule has 9 heteroatoms. The summed E-state index contributed by atoms with van der Waals surface area (Å²) >= 11 is 4.43. The van der Waals surface area contributed by atoms with Gasteiger partial charge in [-0.05, 0) is 24.4 Å². The van der Waals surface area contributed by atoms with E-state index in [0.29, 0.717) is 6.07 Å². The second kappa shape index (κ2) is 5.83. The molecular weight excluding hydrogens is 286 g/mol. The van der Waals surface area contributed by atoms with Crippen LogP contribution in [0.25, 0.3) is 0 Å². The van der Waals surface area contributed by atoms with E-state index in [1.807, 2.05) is 0 Å². The van der Waals surface area contributed by atoms with Crippen molar-refractivity contribution in [3.63, 3.8) is 0 Å². The number of alkyl halides is 3. The standard InChI is InChI=1S/C10H9F4N3OS/c1-18-6-2-5(4-16-17-9(15)19)8(11)7(3-6)10(12,13)14/h2-4H,1H3,(H3,15,17,19). The zero-order chi connectivity index (χ0) is 14.6. The average Bonchev–Trinajstić information content (AvgIpc) is 2.29. The van der Waals surface area contributed by atoms with E-state index in [4.69, 9.17) is 5.73 Å². The van der Waals surface area contributed by atoms with Crippen LogP contribution in [-0.2, 0) is 6.18 Å². The van der Waals surface area contributed by atoms with Crippen molar-refractivity contribution in [3.05, 3.63) is 29.1 Å². The van der Waals surface area contributed by atoms with Gasteiger partial charge in [0.2, 0.25) is 0 Å². The summed E-state index contributed by atoms with van der Waals surface area (Å²) in [5, 5.41) is 3.20. The number of nitrogens with one attached hydrogen (secondary N) is 1. The molecule has 4 nitrogen and oxygen atoms in total. The Morgan fingerprint density at radius 3 is 2.58 bits per heavy atom. The molecule has 0 saturated heterocycles. The van der Waals surface area contributed by atoms with E-state index in [9.17, 15) is 17.6 Å². The number of methoxy groups -OCH3 is 1. The highest BCUT2D eigenvalue weighted by molar-refractivity contribution is 7.80. The lowest BCUT2D eigenvalue weighted by atomic mass is 10.1. The van der Waals surface area contributed by atoms with Crippen LogP contribution in [0.5, 0.6) is 5.75 Å². The minimum Gasteiger partial charge on any atom is -0.497 e. The van der Waals surface area contributed by atoms with Crippen molar-refractivity contribution in [2.24, 2.45) is 10.8 Å². The van der Waals surface area contributed by atoms with Gasteiger partial charge in [-0.2, -0.15) is 18.3 Å². The van der Waals surface area contributed by atoms with Crippen LogP contribution >= 0.6 is 12.2 Å². The minimum atomic E-state index is -4.84. The number of hydrogen-bond acceptors (Lipinski definition) is 3. The van der Waals surface area contributed by atoms with Gasteiger partial charge in [-0.25, -0.2) is 4.39 Å². The molecule has 0 bridgehead atoms. The predicted octanol–water partition coefficient (Wildman–Crippen LogP) is 2.02. The maximum absolute atomic E-state index is 13.7. The van der Waals surface area contributed by atoms with Gasteiger partial charge in [0.25, 0.3) is 0 Å². The van der Waals surface area contributed by atoms with Gasteiger partial charge < -0.3 is 10.5 Å². The predicted molar refractivity (Wildman–Crippen MR) is 65.5 cm³/mol. The molecule has 19 heavy (non-hydrogen) atoms. The zero-order valence-corrected chi connectivity index (χ0v) is 10.4. The molecule has 0 heterocycles. The van der Waals surface area contributed by atoms with Crippen LogP contribution in [0, 0.1) is 5.82 Å². The third-order valence-electron chi connectivity index (χ3n) is 1.99. The van der Waals surface area contributed by atoms with Gasteiger partial charge in [0, 0.05) is 5.56 Å². The number of rotatable bonds is 3. The fraction of sp³-hybridized carbons (Fsp3) is 0.200. The van der Waals surface area contributed by atoms with Gasteiger partial charge >= 0.3 is 6.18 Å². The molecule has 0 radical (unpaired) electrons. The summed E-state index contributed by atoms with van der Waals surface area (Å²) in [5.74, 6) is -1.60. The van der Waals surface area contributed by atoms with Crippen molar-refractivity contribution in [1.29, 1.82) is 0 Å². The first-order chi connectivity index (χ1) is 8.75. The largest absolute Gasteiger partial charge is 0.497 e. The van der Waals surface area contributed by atoms with Crippen molar-refractivity contribution in [2.75, 3.05) is 7.11 Å². The monoisotopic (exact) mass is 295 g/mol. The molecule has 3 N–H and O–H groups in total. The van der Waals surface area contributed by atoms with Crippen LogP contribution in [0.1, 0.15) is 11.1 Å². The summed E-state index contributed by atoms with van der Waals surface area (Å²) < 4.78 is 56.1. The fourth-order valence-corrected chi connectivity index (χ4v) is 1.26. The highest BCUT2D eigenvalue weighted by Gasteiger charge is 2.35. The summed E-state index contributed by atoms with van der Waals surface area (Å²) in [4.78, 5) is 0. The topological polar surface area (TPSA) is 59.6 Å². The second-order valence-electron chi connectivity index (χ2n) is 3.31. The molecule has 0 atom stereocenters. The quantitative estimate of drug-likeness (QED) is 0.388. The van der Waals surface area contributed by atoms with E-state index in [-0.39, 0.29) is 10.9 Å². The first-order valence-electron chi connectivity index (χ1n) is 4.79. The normalized spacial score (nSPS) is 11.6. The smallest absolute Gasteiger partial charge is 0.419 e. The maximum atomic E-state index is 13.7. The molecule has 0 aliphatic carbocycles. The minimum absolute atomic E-state index is 0.148. The van der Waals surface area contributed by atoms with Crippen molar-refractivity contribution >= 4 is 23.5 Å². The van der Waals surface area contributed by atoms with E-state index in [2.05, 4.69) is 27.5 Å². The first-order valence-corrected chi connectivity index (χ1v) is 5.19. The molecule has 1 aromatic carbocycles. The number of halogens is 4. The number of nitrogens with zero attached hydrogens (tertiary/aromatic N) is 1. The molecule has 0 aromatic heterocycles. The van der Waals surface area contributed by atoms with Gasteiger partial charge in [0.1, 0.15) is 11.6 Å². The molecular formula is C10H9F4N3OS. The van der Waals surface area contributed by atoms with Gasteiger partial charge in [-0.15, -0.1) is 0 Å². The molecule has 0 fully saturated rings. The molecule has 1 aromatic rings. The van der Waals surface area contributed by atoms with Gasteiger partial charge in [-0.1, -0.05) is 0 Å². The average molecular weight is 295 g/mol. The van der Waals surface area contributed by atoms with E-state index in [1.165, 1.54) is 7.11 Å². The molecule has 0 spiro atoms. The molecule has 0 aliphatic heterocycles. The maximum Gasteiger partial charge on any atom is 0.419 e. The Hall–Kier alpha value is -1.90. The summed E-state index contributed by atoms with van der Waals surface area (Å²) in [7, 11) is 1.17. The molecule has 1 rings (SSSR count). The Morgan fingerprint density at radius 2 is 2.11 bits per heavy atom. The SMILES string of the molecule is COc1cc(C=NNC(N)=S)c(F)c(C(F)(F)F)c1. The fourth-order valence-electron chi connectivity index (χ4n) is 1.20. The number of thiocarbonyl (C=S) groups is 1. The van der Waals surface area contributed by atoms with E-state index in [1.54, 1.807) is 0 Å². The van der Waals surface area contributed by atoms with E-state index >= 15 is 0 Å². The number of hydrogen-bond donors (Lipinski definition) is 2. The Bertz CT molecular complexity index is 516. The van der Waals surface area contributed by atoms with Crippen LogP contribution < -0.4 is 15.9 Å². The lowest BCUT2D eigenvalue weighted by molar-refractivity contribution is -0.140. The van der Waals surface area contributed by atoms with Gasteiger partial charge in [0.05, 0.1) is 18.9 Å². The van der Waals surface area contributed by atoms with Crippen molar-refractivity contribution in [3.8, 4) is 5.75 Å². The van der Waals surface area contributed by atoms with Crippen molar-refractivity contribution < 1.29 is 22.3 Å². The Morgan fingerprint density at radius 1 is 1.47 bits per heavy atom. The van der Waals surface area contributed by atoms with Gasteiger partial charge in [0.15, 0.2) is 5.11 Å². The highest BCUT2D eigenvalue weighted by Crippen LogP contribution is 2.34. The van der Waals surface area contributed by atoms with E-state index in [0.717, 1.165) is 12.3 Å². The van der Waals surface area contributed by atoms with Crippen molar-refractivity contribution in [1.82, 2.24) is 5.43 Å². The number of hydrazone groups is 1. The molecule has 104 valence electrons. The Labute approximate surface area is 111 Å². The first kappa shape index (κ1) is 15.2. The van der Waals surface area contributed by atoms with Crippen LogP contribution in [0.3, 0.4) is 0 Å². The number of benzene rings is 1. The lowest BCUT2D eigenvalue weighted by Crippen LogP contribution is -2.24. The lowest BCUT2D eigenvalue weighted by Gasteiger charge is -2.11. The third-order valence-corrected chi connectivity index (χ3v) is 2.09. The molecule has 0 unspecified atom stereocenters.